The average Bonchev–Trinajstić information content (AvgIpc) is 2.00. The highest BCUT2D eigenvalue weighted by molar-refractivity contribution is 5.77. The van der Waals surface area contributed by atoms with Crippen molar-refractivity contribution in [1.29, 1.82) is 5.41 Å². The van der Waals surface area contributed by atoms with E-state index < -0.39 is 0 Å². The van der Waals surface area contributed by atoms with Crippen LogP contribution in [0.15, 0.2) is 11.3 Å². The molecule has 0 bridgehead atoms. The van der Waals surface area contributed by atoms with Crippen LogP contribution in [0.3, 0.4) is 0 Å². The molecule has 0 radical (unpaired) electrons. The Labute approximate surface area is 68.4 Å². The van der Waals surface area contributed by atoms with Crippen LogP contribution in [0.2, 0.25) is 0 Å². The van der Waals surface area contributed by atoms with Gasteiger partial charge in [-0.25, -0.2) is 0 Å². The lowest BCUT2D eigenvalue weighted by Gasteiger charge is -2.07. The van der Waals surface area contributed by atoms with E-state index in [1.165, 1.54) is 6.21 Å². The maximum atomic E-state index is 7.11. The number of rotatable bonds is 5. The Balaban J connectivity index is 4.14. The van der Waals surface area contributed by atoms with E-state index in [4.69, 9.17) is 5.41 Å². The summed E-state index contributed by atoms with van der Waals surface area (Å²) in [5.41, 5.74) is 2.09. The van der Waals surface area contributed by atoms with Gasteiger partial charge in [-0.1, -0.05) is 0 Å². The third-order valence-electron chi connectivity index (χ3n) is 1.47. The molecular formula is C8H17N3. The Morgan fingerprint density at radius 2 is 2.18 bits per heavy atom. The zero-order valence-electron chi connectivity index (χ0n) is 7.49. The van der Waals surface area contributed by atoms with Crippen molar-refractivity contribution in [1.82, 2.24) is 10.6 Å². The molecule has 0 atom stereocenters. The van der Waals surface area contributed by atoms with Gasteiger partial charge in [-0.2, -0.15) is 0 Å². The lowest BCUT2D eigenvalue weighted by atomic mass is 10.2. The molecule has 0 saturated carbocycles. The van der Waals surface area contributed by atoms with E-state index in [1.807, 2.05) is 20.9 Å². The van der Waals surface area contributed by atoms with Crippen molar-refractivity contribution in [3.63, 3.8) is 0 Å². The predicted octanol–water partition coefficient (Wildman–Crippen LogP) is 0.739. The molecule has 0 aromatic carbocycles. The molecule has 11 heavy (non-hydrogen) atoms. The summed E-state index contributed by atoms with van der Waals surface area (Å²) in [5, 5.41) is 13.3. The Hall–Kier alpha value is -0.830. The maximum absolute atomic E-state index is 7.11. The minimum atomic E-state index is 0.752. The topological polar surface area (TPSA) is 47.9 Å². The summed E-state index contributed by atoms with van der Waals surface area (Å²) in [6.07, 6.45) is 1.38. The van der Waals surface area contributed by atoms with Crippen molar-refractivity contribution < 1.29 is 0 Å². The molecule has 0 amide bonds. The molecule has 0 rings (SSSR count). The predicted molar refractivity (Wildman–Crippen MR) is 49.1 cm³/mol. The summed E-state index contributed by atoms with van der Waals surface area (Å²) < 4.78 is 0. The van der Waals surface area contributed by atoms with Gasteiger partial charge in [0, 0.05) is 30.6 Å². The highest BCUT2D eigenvalue weighted by atomic mass is 14.9. The molecule has 3 N–H and O–H groups in total. The SMILES string of the molecule is CCN/C(C)=C(\C=N)CNC. The largest absolute Gasteiger partial charge is 0.389 e. The van der Waals surface area contributed by atoms with E-state index in [1.54, 1.807) is 0 Å². The fraction of sp³-hybridized carbons (Fsp3) is 0.625. The van der Waals surface area contributed by atoms with Gasteiger partial charge in [-0.3, -0.25) is 0 Å². The monoisotopic (exact) mass is 155 g/mol. The van der Waals surface area contributed by atoms with E-state index >= 15 is 0 Å². The summed E-state index contributed by atoms with van der Waals surface area (Å²) in [6.45, 7) is 5.70. The van der Waals surface area contributed by atoms with E-state index in [-0.39, 0.29) is 0 Å². The highest BCUT2D eigenvalue weighted by Crippen LogP contribution is 1.95. The van der Waals surface area contributed by atoms with Gasteiger partial charge in [-0.15, -0.1) is 0 Å². The fourth-order valence-electron chi connectivity index (χ4n) is 0.861. The third kappa shape index (κ3) is 3.78. The van der Waals surface area contributed by atoms with E-state index in [0.717, 1.165) is 24.4 Å². The molecule has 64 valence electrons. The second-order valence-corrected chi connectivity index (χ2v) is 2.36. The van der Waals surface area contributed by atoms with Crippen LogP contribution < -0.4 is 10.6 Å². The third-order valence-corrected chi connectivity index (χ3v) is 1.47. The van der Waals surface area contributed by atoms with Gasteiger partial charge in [0.05, 0.1) is 0 Å². The van der Waals surface area contributed by atoms with Crippen molar-refractivity contribution in [3.05, 3.63) is 11.3 Å². The van der Waals surface area contributed by atoms with Crippen LogP contribution >= 0.6 is 0 Å². The van der Waals surface area contributed by atoms with Crippen LogP contribution in [-0.4, -0.2) is 26.4 Å². The van der Waals surface area contributed by atoms with Crippen molar-refractivity contribution in [3.8, 4) is 0 Å². The van der Waals surface area contributed by atoms with Crippen molar-refractivity contribution >= 4 is 6.21 Å². The number of allylic oxidation sites excluding steroid dienone is 1. The van der Waals surface area contributed by atoms with Gasteiger partial charge in [0.2, 0.25) is 0 Å². The molecule has 0 aliphatic rings. The molecule has 3 heteroatoms. The van der Waals surface area contributed by atoms with Crippen LogP contribution in [0.25, 0.3) is 0 Å². The second kappa shape index (κ2) is 5.92. The zero-order chi connectivity index (χ0) is 8.69. The maximum Gasteiger partial charge on any atom is 0.0240 e. The first-order valence-electron chi connectivity index (χ1n) is 3.85. The second-order valence-electron chi connectivity index (χ2n) is 2.36. The standard InChI is InChI=1S/C8H17N3/c1-4-11-7(2)8(5-9)6-10-3/h5,9-11H,4,6H2,1-3H3/b8-7+,9-5?. The first kappa shape index (κ1) is 10.2. The van der Waals surface area contributed by atoms with Crippen molar-refractivity contribution in [2.75, 3.05) is 20.1 Å². The van der Waals surface area contributed by atoms with Crippen LogP contribution in [-0.2, 0) is 0 Å². The molecule has 0 heterocycles. The molecule has 0 aromatic rings. The Morgan fingerprint density at radius 3 is 2.55 bits per heavy atom. The normalized spacial score (nSPS) is 12.3. The first-order valence-corrected chi connectivity index (χ1v) is 3.85. The minimum absolute atomic E-state index is 0.752. The lowest BCUT2D eigenvalue weighted by molar-refractivity contribution is 0.818. The molecule has 0 spiro atoms. The van der Waals surface area contributed by atoms with Crippen molar-refractivity contribution in [2.24, 2.45) is 0 Å². The van der Waals surface area contributed by atoms with Gasteiger partial charge < -0.3 is 16.0 Å². The molecule has 0 aromatic heterocycles. The van der Waals surface area contributed by atoms with Crippen LogP contribution in [0.5, 0.6) is 0 Å². The Bertz CT molecular complexity index is 149. The van der Waals surface area contributed by atoms with Crippen LogP contribution in [0.1, 0.15) is 13.8 Å². The van der Waals surface area contributed by atoms with Crippen LogP contribution in [0, 0.1) is 5.41 Å². The summed E-state index contributed by atoms with van der Waals surface area (Å²) >= 11 is 0. The summed E-state index contributed by atoms with van der Waals surface area (Å²) in [7, 11) is 1.88. The lowest BCUT2D eigenvalue weighted by Crippen LogP contribution is -2.19. The zero-order valence-corrected chi connectivity index (χ0v) is 7.49. The first-order chi connectivity index (χ1) is 5.26. The quantitative estimate of drug-likeness (QED) is 0.513. The van der Waals surface area contributed by atoms with Crippen LogP contribution in [0.4, 0.5) is 0 Å². The number of nitrogens with one attached hydrogen (secondary N) is 3. The number of hydrogen-bond acceptors (Lipinski definition) is 3. The summed E-state index contributed by atoms with van der Waals surface area (Å²) in [5.74, 6) is 0. The smallest absolute Gasteiger partial charge is 0.0240 e. The van der Waals surface area contributed by atoms with Gasteiger partial charge in [0.1, 0.15) is 0 Å². The molecule has 0 saturated heterocycles. The number of likely N-dealkylation sites (N-methyl/N-ethyl adjacent to an activating group) is 1. The minimum Gasteiger partial charge on any atom is -0.389 e. The van der Waals surface area contributed by atoms with Gasteiger partial charge >= 0.3 is 0 Å². The number of hydrogen-bond donors (Lipinski definition) is 3. The Kier molecular flexibility index (Phi) is 5.47. The van der Waals surface area contributed by atoms with E-state index in [0.29, 0.717) is 0 Å². The van der Waals surface area contributed by atoms with Crippen molar-refractivity contribution in [2.45, 2.75) is 13.8 Å². The molecule has 0 unspecified atom stereocenters. The molecule has 0 aliphatic heterocycles. The summed E-state index contributed by atoms with van der Waals surface area (Å²) in [6, 6.07) is 0. The average molecular weight is 155 g/mol. The molecule has 0 fully saturated rings. The highest BCUT2D eigenvalue weighted by Gasteiger charge is 1.95. The van der Waals surface area contributed by atoms with E-state index in [9.17, 15) is 0 Å². The van der Waals surface area contributed by atoms with Gasteiger partial charge in [-0.05, 0) is 20.9 Å². The molecule has 3 nitrogen and oxygen atoms in total. The van der Waals surface area contributed by atoms with Gasteiger partial charge in [0.15, 0.2) is 0 Å². The summed E-state index contributed by atoms with van der Waals surface area (Å²) in [4.78, 5) is 0. The molecular weight excluding hydrogens is 138 g/mol. The van der Waals surface area contributed by atoms with Gasteiger partial charge in [0.25, 0.3) is 0 Å². The molecule has 0 aliphatic carbocycles. The fourth-order valence-corrected chi connectivity index (χ4v) is 0.861. The van der Waals surface area contributed by atoms with E-state index in [2.05, 4.69) is 10.6 Å². The Morgan fingerprint density at radius 1 is 1.55 bits per heavy atom.